The third-order valence-corrected chi connectivity index (χ3v) is 5.17. The van der Waals surface area contributed by atoms with Gasteiger partial charge < -0.3 is 5.11 Å². The highest BCUT2D eigenvalue weighted by atomic mass is 32.2. The summed E-state index contributed by atoms with van der Waals surface area (Å²) in [7, 11) is -3.41. The Morgan fingerprint density at radius 3 is 2.64 bits per heavy atom. The summed E-state index contributed by atoms with van der Waals surface area (Å²) in [6, 6.07) is 1.71. The topological polar surface area (TPSA) is 71.4 Å². The normalized spacial score (nSPS) is 11.5. The van der Waals surface area contributed by atoms with Crippen LogP contribution >= 0.6 is 11.3 Å². The molecule has 14 heavy (non-hydrogen) atoms. The predicted molar refractivity (Wildman–Crippen MR) is 53.4 cm³/mol. The van der Waals surface area contributed by atoms with Crippen molar-refractivity contribution in [3.05, 3.63) is 17.0 Å². The van der Waals surface area contributed by atoms with Crippen LogP contribution in [0.5, 0.6) is 0 Å². The lowest BCUT2D eigenvalue weighted by Crippen LogP contribution is -2.10. The van der Waals surface area contributed by atoms with Crippen molar-refractivity contribution in [2.24, 2.45) is 0 Å². The van der Waals surface area contributed by atoms with Gasteiger partial charge in [-0.2, -0.15) is 0 Å². The van der Waals surface area contributed by atoms with Gasteiger partial charge in [-0.3, -0.25) is 4.79 Å². The van der Waals surface area contributed by atoms with Gasteiger partial charge in [-0.15, -0.1) is 11.3 Å². The first-order chi connectivity index (χ1) is 6.43. The number of aliphatic carboxylic acids is 1. The Kier molecular flexibility index (Phi) is 3.28. The molecule has 1 aromatic rings. The molecule has 0 saturated heterocycles. The third kappa shape index (κ3) is 2.55. The largest absolute Gasteiger partial charge is 0.481 e. The van der Waals surface area contributed by atoms with Crippen molar-refractivity contribution in [2.75, 3.05) is 5.75 Å². The Bertz CT molecular complexity index is 430. The molecule has 1 aromatic heterocycles. The van der Waals surface area contributed by atoms with E-state index in [1.807, 2.05) is 0 Å². The summed E-state index contributed by atoms with van der Waals surface area (Å²) in [6.45, 7) is 1.70. The lowest BCUT2D eigenvalue weighted by Gasteiger charge is -2.00. The van der Waals surface area contributed by atoms with E-state index in [0.717, 1.165) is 11.3 Å². The molecular formula is C8H10O4S2. The van der Waals surface area contributed by atoms with Gasteiger partial charge in [0.1, 0.15) is 4.21 Å². The number of hydrogen-bond donors (Lipinski definition) is 1. The molecule has 0 aromatic carbocycles. The highest BCUT2D eigenvalue weighted by molar-refractivity contribution is 7.93. The zero-order valence-electron chi connectivity index (χ0n) is 7.56. The molecule has 0 fully saturated rings. The number of thiophene rings is 1. The smallest absolute Gasteiger partial charge is 0.304 e. The van der Waals surface area contributed by atoms with E-state index in [2.05, 4.69) is 0 Å². The van der Waals surface area contributed by atoms with Gasteiger partial charge in [0, 0.05) is 0 Å². The number of hydrogen-bond acceptors (Lipinski definition) is 4. The molecule has 4 nitrogen and oxygen atoms in total. The van der Waals surface area contributed by atoms with Crippen LogP contribution in [0.1, 0.15) is 12.0 Å². The highest BCUT2D eigenvalue weighted by Gasteiger charge is 2.19. The Morgan fingerprint density at radius 2 is 2.21 bits per heavy atom. The second-order valence-corrected chi connectivity index (χ2v) is 6.07. The van der Waals surface area contributed by atoms with Crippen LogP contribution in [-0.4, -0.2) is 25.2 Å². The molecule has 0 spiro atoms. The highest BCUT2D eigenvalue weighted by Crippen LogP contribution is 2.23. The van der Waals surface area contributed by atoms with Crippen molar-refractivity contribution >= 4 is 27.1 Å². The maximum atomic E-state index is 11.6. The lowest BCUT2D eigenvalue weighted by atomic mass is 10.4. The summed E-state index contributed by atoms with van der Waals surface area (Å²) in [5.74, 6) is -1.42. The third-order valence-electron chi connectivity index (χ3n) is 1.68. The second kappa shape index (κ2) is 4.10. The quantitative estimate of drug-likeness (QED) is 0.852. The van der Waals surface area contributed by atoms with E-state index in [4.69, 9.17) is 5.11 Å². The van der Waals surface area contributed by atoms with Gasteiger partial charge >= 0.3 is 5.97 Å². The summed E-state index contributed by atoms with van der Waals surface area (Å²) < 4.78 is 23.4. The molecule has 78 valence electrons. The fourth-order valence-corrected chi connectivity index (χ4v) is 3.83. The van der Waals surface area contributed by atoms with Crippen molar-refractivity contribution in [2.45, 2.75) is 17.6 Å². The van der Waals surface area contributed by atoms with Crippen LogP contribution in [-0.2, 0) is 14.6 Å². The number of sulfone groups is 1. The minimum Gasteiger partial charge on any atom is -0.481 e. The summed E-state index contributed by atoms with van der Waals surface area (Å²) in [6.07, 6.45) is -0.348. The van der Waals surface area contributed by atoms with Crippen LogP contribution in [0, 0.1) is 6.92 Å². The SMILES string of the molecule is Cc1ccsc1S(=O)(=O)CCC(=O)O. The molecule has 0 aliphatic carbocycles. The van der Waals surface area contributed by atoms with E-state index >= 15 is 0 Å². The predicted octanol–water partition coefficient (Wildman–Crippen LogP) is 1.30. The fraction of sp³-hybridized carbons (Fsp3) is 0.375. The van der Waals surface area contributed by atoms with Gasteiger partial charge in [-0.05, 0) is 23.9 Å². The number of carboxylic acids is 1. The first-order valence-corrected chi connectivity index (χ1v) is 6.45. The maximum absolute atomic E-state index is 11.6. The molecule has 1 heterocycles. The van der Waals surface area contributed by atoms with Crippen LogP contribution in [0.25, 0.3) is 0 Å². The molecule has 1 N–H and O–H groups in total. The average Bonchev–Trinajstić information content (AvgIpc) is 2.48. The summed E-state index contributed by atoms with van der Waals surface area (Å²) in [5, 5.41) is 10.1. The van der Waals surface area contributed by atoms with E-state index in [9.17, 15) is 13.2 Å². The van der Waals surface area contributed by atoms with Crippen molar-refractivity contribution in [1.82, 2.24) is 0 Å². The van der Waals surface area contributed by atoms with Crippen LogP contribution in [0.15, 0.2) is 15.7 Å². The van der Waals surface area contributed by atoms with Gasteiger partial charge in [-0.25, -0.2) is 8.42 Å². The summed E-state index contributed by atoms with van der Waals surface area (Å²) in [5.41, 5.74) is 0.681. The van der Waals surface area contributed by atoms with Crippen LogP contribution in [0.3, 0.4) is 0 Å². The average molecular weight is 234 g/mol. The Morgan fingerprint density at radius 1 is 1.57 bits per heavy atom. The molecular weight excluding hydrogens is 224 g/mol. The molecule has 0 aliphatic rings. The summed E-state index contributed by atoms with van der Waals surface area (Å²) in [4.78, 5) is 10.2. The molecule has 6 heteroatoms. The van der Waals surface area contributed by atoms with Crippen molar-refractivity contribution in [3.8, 4) is 0 Å². The van der Waals surface area contributed by atoms with Crippen molar-refractivity contribution in [3.63, 3.8) is 0 Å². The number of rotatable bonds is 4. The first kappa shape index (κ1) is 11.2. The van der Waals surface area contributed by atoms with Crippen molar-refractivity contribution in [1.29, 1.82) is 0 Å². The summed E-state index contributed by atoms with van der Waals surface area (Å²) >= 11 is 1.13. The Balaban J connectivity index is 2.87. The molecule has 0 saturated carbocycles. The van der Waals surface area contributed by atoms with E-state index < -0.39 is 15.8 Å². The van der Waals surface area contributed by atoms with Gasteiger partial charge in [0.25, 0.3) is 0 Å². The molecule has 0 unspecified atom stereocenters. The van der Waals surface area contributed by atoms with Crippen molar-refractivity contribution < 1.29 is 18.3 Å². The minimum atomic E-state index is -3.41. The fourth-order valence-electron chi connectivity index (χ4n) is 0.992. The molecule has 1 rings (SSSR count). The number of carboxylic acid groups (broad SMARTS) is 1. The first-order valence-electron chi connectivity index (χ1n) is 3.92. The van der Waals surface area contributed by atoms with Crippen LogP contribution in [0.4, 0.5) is 0 Å². The zero-order chi connectivity index (χ0) is 10.8. The molecule has 0 amide bonds. The molecule has 0 bridgehead atoms. The van der Waals surface area contributed by atoms with Crippen LogP contribution in [0.2, 0.25) is 0 Å². The van der Waals surface area contributed by atoms with E-state index in [-0.39, 0.29) is 16.4 Å². The maximum Gasteiger partial charge on any atom is 0.304 e. The minimum absolute atomic E-state index is 0.277. The number of carbonyl (C=O) groups is 1. The van der Waals surface area contributed by atoms with Gasteiger partial charge in [0.2, 0.25) is 0 Å². The lowest BCUT2D eigenvalue weighted by molar-refractivity contribution is -0.136. The van der Waals surface area contributed by atoms with Gasteiger partial charge in [-0.1, -0.05) is 0 Å². The second-order valence-electron chi connectivity index (χ2n) is 2.85. The van der Waals surface area contributed by atoms with E-state index in [1.54, 1.807) is 18.4 Å². The van der Waals surface area contributed by atoms with E-state index in [0.29, 0.717) is 5.56 Å². The molecule has 0 atom stereocenters. The zero-order valence-corrected chi connectivity index (χ0v) is 9.19. The Labute approximate surface area is 86.1 Å². The Hall–Kier alpha value is -0.880. The number of aryl methyl sites for hydroxylation is 1. The van der Waals surface area contributed by atoms with Gasteiger partial charge in [0.15, 0.2) is 9.84 Å². The standard InChI is InChI=1S/C8H10O4S2/c1-6-2-4-13-8(6)14(11,12)5-3-7(9)10/h2,4H,3,5H2,1H3,(H,9,10). The monoisotopic (exact) mass is 234 g/mol. The van der Waals surface area contributed by atoms with E-state index in [1.165, 1.54) is 0 Å². The van der Waals surface area contributed by atoms with Gasteiger partial charge in [0.05, 0.1) is 12.2 Å². The molecule has 0 aliphatic heterocycles. The van der Waals surface area contributed by atoms with Crippen LogP contribution < -0.4 is 0 Å². The molecule has 0 radical (unpaired) electrons.